The largest absolute Gasteiger partial charge is 0.384 e. The lowest BCUT2D eigenvalue weighted by Crippen LogP contribution is -2.18. The molecule has 0 spiro atoms. The quantitative estimate of drug-likeness (QED) is 0.814. The van der Waals surface area contributed by atoms with Crippen LogP contribution >= 0.6 is 0 Å². The molecular formula is C13H21NO2S. The molecule has 0 radical (unpaired) electrons. The topological polar surface area (TPSA) is 46.2 Å². The summed E-state index contributed by atoms with van der Waals surface area (Å²) in [5.41, 5.74) is 2.15. The van der Waals surface area contributed by atoms with Crippen LogP contribution in [0.2, 0.25) is 0 Å². The Kier molecular flexibility index (Phi) is 5.48. The third-order valence-corrected chi connectivity index (χ3v) is 4.31. The highest BCUT2D eigenvalue weighted by Crippen LogP contribution is 2.09. The molecular weight excluding hydrogens is 234 g/mol. The highest BCUT2D eigenvalue weighted by molar-refractivity contribution is 7.91. The minimum atomic E-state index is -2.89. The van der Waals surface area contributed by atoms with Gasteiger partial charge in [-0.25, -0.2) is 8.42 Å². The van der Waals surface area contributed by atoms with Gasteiger partial charge in [0.15, 0.2) is 9.84 Å². The second-order valence-electron chi connectivity index (χ2n) is 4.30. The molecule has 1 aromatic carbocycles. The van der Waals surface area contributed by atoms with E-state index in [0.717, 1.165) is 18.5 Å². The highest BCUT2D eigenvalue weighted by atomic mass is 32.2. The van der Waals surface area contributed by atoms with Gasteiger partial charge in [-0.3, -0.25) is 0 Å². The monoisotopic (exact) mass is 255 g/mol. The molecule has 0 saturated carbocycles. The molecule has 4 heteroatoms. The van der Waals surface area contributed by atoms with Crippen LogP contribution in [0.5, 0.6) is 0 Å². The number of sulfone groups is 1. The van der Waals surface area contributed by atoms with Crippen molar-refractivity contribution in [3.05, 3.63) is 29.8 Å². The van der Waals surface area contributed by atoms with Gasteiger partial charge in [-0.05, 0) is 31.0 Å². The first-order valence-electron chi connectivity index (χ1n) is 6.04. The van der Waals surface area contributed by atoms with Crippen molar-refractivity contribution in [2.24, 2.45) is 0 Å². The van der Waals surface area contributed by atoms with Crippen molar-refractivity contribution in [3.8, 4) is 0 Å². The van der Waals surface area contributed by atoms with E-state index in [1.165, 1.54) is 5.56 Å². The number of hydrogen-bond donors (Lipinski definition) is 1. The van der Waals surface area contributed by atoms with Crippen LogP contribution < -0.4 is 5.32 Å². The molecule has 96 valence electrons. The van der Waals surface area contributed by atoms with Crippen LogP contribution in [0.4, 0.5) is 5.69 Å². The van der Waals surface area contributed by atoms with Crippen molar-refractivity contribution in [1.82, 2.24) is 0 Å². The molecule has 0 amide bonds. The van der Waals surface area contributed by atoms with Gasteiger partial charge in [0.25, 0.3) is 0 Å². The summed E-state index contributed by atoms with van der Waals surface area (Å²) in [7, 11) is -2.89. The molecule has 0 aliphatic heterocycles. The third-order valence-electron chi connectivity index (χ3n) is 2.57. The first kappa shape index (κ1) is 14.0. The van der Waals surface area contributed by atoms with Gasteiger partial charge in [-0.15, -0.1) is 0 Å². The molecule has 17 heavy (non-hydrogen) atoms. The second kappa shape index (κ2) is 6.64. The summed E-state index contributed by atoms with van der Waals surface area (Å²) in [6.07, 6.45) is 1.68. The SMILES string of the molecule is CCCCS(=O)(=O)CCNc1cccc(C)c1. The van der Waals surface area contributed by atoms with Crippen molar-refractivity contribution in [2.45, 2.75) is 26.7 Å². The van der Waals surface area contributed by atoms with E-state index >= 15 is 0 Å². The predicted octanol–water partition coefficient (Wildman–Crippen LogP) is 2.62. The van der Waals surface area contributed by atoms with Crippen LogP contribution in [0.15, 0.2) is 24.3 Å². The Balaban J connectivity index is 2.37. The summed E-state index contributed by atoms with van der Waals surface area (Å²) in [6.45, 7) is 4.50. The average molecular weight is 255 g/mol. The standard InChI is InChI=1S/C13H21NO2S/c1-3-4-9-17(15,16)10-8-14-13-7-5-6-12(2)11-13/h5-7,11,14H,3-4,8-10H2,1-2H3. The van der Waals surface area contributed by atoms with Gasteiger partial charge in [-0.1, -0.05) is 25.5 Å². The van der Waals surface area contributed by atoms with Crippen LogP contribution in [0.1, 0.15) is 25.3 Å². The lowest BCUT2D eigenvalue weighted by atomic mass is 10.2. The van der Waals surface area contributed by atoms with E-state index in [2.05, 4.69) is 5.32 Å². The fourth-order valence-electron chi connectivity index (χ4n) is 1.57. The van der Waals surface area contributed by atoms with Gasteiger partial charge in [0.05, 0.1) is 11.5 Å². The number of hydrogen-bond acceptors (Lipinski definition) is 3. The van der Waals surface area contributed by atoms with Crippen molar-refractivity contribution < 1.29 is 8.42 Å². The van der Waals surface area contributed by atoms with Gasteiger partial charge >= 0.3 is 0 Å². The molecule has 0 bridgehead atoms. The third kappa shape index (κ3) is 5.73. The van der Waals surface area contributed by atoms with Gasteiger partial charge < -0.3 is 5.32 Å². The summed E-state index contributed by atoms with van der Waals surface area (Å²) >= 11 is 0. The maximum absolute atomic E-state index is 11.6. The van der Waals surface area contributed by atoms with Crippen molar-refractivity contribution in [3.63, 3.8) is 0 Å². The highest BCUT2D eigenvalue weighted by Gasteiger charge is 2.09. The van der Waals surface area contributed by atoms with E-state index in [4.69, 9.17) is 0 Å². The molecule has 0 aromatic heterocycles. The van der Waals surface area contributed by atoms with Crippen LogP contribution in [0.3, 0.4) is 0 Å². The van der Waals surface area contributed by atoms with Crippen LogP contribution in [-0.2, 0) is 9.84 Å². The Morgan fingerprint density at radius 3 is 2.65 bits per heavy atom. The lowest BCUT2D eigenvalue weighted by Gasteiger charge is -2.07. The zero-order chi connectivity index (χ0) is 12.7. The van der Waals surface area contributed by atoms with Crippen LogP contribution in [-0.4, -0.2) is 26.5 Å². The zero-order valence-electron chi connectivity index (χ0n) is 10.6. The maximum atomic E-state index is 11.6. The Morgan fingerprint density at radius 1 is 1.24 bits per heavy atom. The van der Waals surface area contributed by atoms with E-state index in [0.29, 0.717) is 12.3 Å². The van der Waals surface area contributed by atoms with E-state index in [9.17, 15) is 8.42 Å². The smallest absolute Gasteiger partial charge is 0.152 e. The maximum Gasteiger partial charge on any atom is 0.152 e. The normalized spacial score (nSPS) is 11.4. The average Bonchev–Trinajstić information content (AvgIpc) is 2.26. The fourth-order valence-corrected chi connectivity index (χ4v) is 2.92. The second-order valence-corrected chi connectivity index (χ2v) is 6.61. The molecule has 0 unspecified atom stereocenters. The summed E-state index contributed by atoms with van der Waals surface area (Å²) in [6, 6.07) is 7.94. The number of benzene rings is 1. The van der Waals surface area contributed by atoms with Gasteiger partial charge in [0.1, 0.15) is 0 Å². The number of unbranched alkanes of at least 4 members (excludes halogenated alkanes) is 1. The molecule has 0 fully saturated rings. The molecule has 0 heterocycles. The van der Waals surface area contributed by atoms with Crippen molar-refractivity contribution >= 4 is 15.5 Å². The Bertz CT molecular complexity index is 440. The summed E-state index contributed by atoms with van der Waals surface area (Å²) in [4.78, 5) is 0. The first-order valence-corrected chi connectivity index (χ1v) is 7.86. The first-order chi connectivity index (χ1) is 8.03. The Morgan fingerprint density at radius 2 is 2.00 bits per heavy atom. The van der Waals surface area contributed by atoms with E-state index < -0.39 is 9.84 Å². The number of rotatable bonds is 7. The van der Waals surface area contributed by atoms with Crippen molar-refractivity contribution in [2.75, 3.05) is 23.4 Å². The lowest BCUT2D eigenvalue weighted by molar-refractivity contribution is 0.593. The van der Waals surface area contributed by atoms with Gasteiger partial charge in [0, 0.05) is 12.2 Å². The van der Waals surface area contributed by atoms with E-state index in [-0.39, 0.29) is 5.75 Å². The van der Waals surface area contributed by atoms with Gasteiger partial charge in [0.2, 0.25) is 0 Å². The molecule has 3 nitrogen and oxygen atoms in total. The minimum Gasteiger partial charge on any atom is -0.384 e. The van der Waals surface area contributed by atoms with E-state index in [1.54, 1.807) is 0 Å². The van der Waals surface area contributed by atoms with Crippen LogP contribution in [0.25, 0.3) is 0 Å². The number of anilines is 1. The number of nitrogens with one attached hydrogen (secondary N) is 1. The van der Waals surface area contributed by atoms with Gasteiger partial charge in [-0.2, -0.15) is 0 Å². The van der Waals surface area contributed by atoms with Crippen molar-refractivity contribution in [1.29, 1.82) is 0 Å². The molecule has 0 atom stereocenters. The summed E-state index contributed by atoms with van der Waals surface area (Å²) < 4.78 is 23.2. The summed E-state index contributed by atoms with van der Waals surface area (Å²) in [5, 5.41) is 3.14. The minimum absolute atomic E-state index is 0.209. The molecule has 0 aliphatic rings. The predicted molar refractivity (Wildman–Crippen MR) is 73.2 cm³/mol. The molecule has 1 aromatic rings. The van der Waals surface area contributed by atoms with E-state index in [1.807, 2.05) is 38.1 Å². The summed E-state index contributed by atoms with van der Waals surface area (Å²) in [5.74, 6) is 0.514. The van der Waals surface area contributed by atoms with Crippen LogP contribution in [0, 0.1) is 6.92 Å². The zero-order valence-corrected chi connectivity index (χ0v) is 11.4. The molecule has 1 N–H and O–H groups in total. The molecule has 1 rings (SSSR count). The Labute approximate surface area is 104 Å². The fraction of sp³-hybridized carbons (Fsp3) is 0.538. The Hall–Kier alpha value is -1.03. The number of aryl methyl sites for hydroxylation is 1. The molecule has 0 aliphatic carbocycles. The molecule has 0 saturated heterocycles.